The van der Waals surface area contributed by atoms with Crippen molar-refractivity contribution in [1.82, 2.24) is 4.57 Å². The van der Waals surface area contributed by atoms with Crippen molar-refractivity contribution in [3.05, 3.63) is 102 Å². The van der Waals surface area contributed by atoms with Crippen LogP contribution in [0.4, 0.5) is 18.9 Å². The Balaban J connectivity index is 1.98. The van der Waals surface area contributed by atoms with Crippen LogP contribution in [0.15, 0.2) is 89.8 Å². The van der Waals surface area contributed by atoms with Crippen molar-refractivity contribution in [3.63, 3.8) is 0 Å². The molecule has 192 valence electrons. The Bertz CT molecular complexity index is 1510. The SMILES string of the molecule is CCOC(=O)c1c(S(=O)(=O)Nc2ccc(C(F)(F)F)cc2)c(-c2ccccc2)n(-c2ccccc2)c1C. The molecule has 1 aromatic heterocycles. The lowest BCUT2D eigenvalue weighted by Gasteiger charge is -2.15. The van der Waals surface area contributed by atoms with E-state index in [1.807, 2.05) is 0 Å². The highest BCUT2D eigenvalue weighted by Gasteiger charge is 2.36. The summed E-state index contributed by atoms with van der Waals surface area (Å²) in [5, 5.41) is 0. The zero-order valence-electron chi connectivity index (χ0n) is 19.9. The molecule has 37 heavy (non-hydrogen) atoms. The highest BCUT2D eigenvalue weighted by molar-refractivity contribution is 7.93. The van der Waals surface area contributed by atoms with Crippen molar-refractivity contribution >= 4 is 21.7 Å². The van der Waals surface area contributed by atoms with E-state index in [9.17, 15) is 26.4 Å². The predicted molar refractivity (Wildman–Crippen MR) is 134 cm³/mol. The molecule has 0 saturated carbocycles. The van der Waals surface area contributed by atoms with Crippen LogP contribution in [-0.4, -0.2) is 25.6 Å². The van der Waals surface area contributed by atoms with Gasteiger partial charge in [-0.1, -0.05) is 48.5 Å². The van der Waals surface area contributed by atoms with Crippen LogP contribution in [0.5, 0.6) is 0 Å². The summed E-state index contributed by atoms with van der Waals surface area (Å²) in [5.74, 6) is -0.834. The number of para-hydroxylation sites is 1. The molecule has 0 aliphatic heterocycles. The van der Waals surface area contributed by atoms with Crippen LogP contribution in [-0.2, 0) is 20.9 Å². The smallest absolute Gasteiger partial charge is 0.416 e. The van der Waals surface area contributed by atoms with E-state index >= 15 is 0 Å². The third kappa shape index (κ3) is 5.24. The lowest BCUT2D eigenvalue weighted by Crippen LogP contribution is -2.18. The Kier molecular flexibility index (Phi) is 7.13. The maximum atomic E-state index is 13.8. The van der Waals surface area contributed by atoms with E-state index in [2.05, 4.69) is 4.72 Å². The largest absolute Gasteiger partial charge is 0.462 e. The molecule has 1 N–H and O–H groups in total. The van der Waals surface area contributed by atoms with Gasteiger partial charge in [0.25, 0.3) is 10.0 Å². The summed E-state index contributed by atoms with van der Waals surface area (Å²) < 4.78 is 75.9. The second-order valence-electron chi connectivity index (χ2n) is 8.08. The summed E-state index contributed by atoms with van der Waals surface area (Å²) >= 11 is 0. The summed E-state index contributed by atoms with van der Waals surface area (Å²) in [7, 11) is -4.50. The molecule has 0 fully saturated rings. The maximum Gasteiger partial charge on any atom is 0.416 e. The van der Waals surface area contributed by atoms with Gasteiger partial charge in [-0.2, -0.15) is 13.2 Å². The number of sulfonamides is 1. The standard InChI is InChI=1S/C27H23F3N2O4S/c1-3-36-26(33)23-18(2)32(22-12-8-5-9-13-22)24(19-10-6-4-7-11-19)25(23)37(34,35)31-21-16-14-20(15-17-21)27(28,29)30/h4-17,31H,3H2,1-2H3. The van der Waals surface area contributed by atoms with E-state index in [4.69, 9.17) is 4.74 Å². The Labute approximate surface area is 212 Å². The van der Waals surface area contributed by atoms with Crippen LogP contribution in [0.3, 0.4) is 0 Å². The molecule has 4 rings (SSSR count). The third-order valence-electron chi connectivity index (χ3n) is 5.64. The molecule has 0 atom stereocenters. The number of rotatable bonds is 7. The first-order chi connectivity index (χ1) is 17.5. The van der Waals surface area contributed by atoms with Crippen LogP contribution in [0.25, 0.3) is 16.9 Å². The van der Waals surface area contributed by atoms with Crippen LogP contribution < -0.4 is 4.72 Å². The van der Waals surface area contributed by atoms with E-state index in [0.717, 1.165) is 24.3 Å². The number of ether oxygens (including phenoxy) is 1. The minimum absolute atomic E-state index is 0.0152. The molecule has 0 spiro atoms. The number of aromatic nitrogens is 1. The fourth-order valence-corrected chi connectivity index (χ4v) is 5.57. The monoisotopic (exact) mass is 528 g/mol. The second kappa shape index (κ2) is 10.1. The van der Waals surface area contributed by atoms with Gasteiger partial charge in [0, 0.05) is 17.1 Å². The Morgan fingerprint density at radius 3 is 2.03 bits per heavy atom. The lowest BCUT2D eigenvalue weighted by molar-refractivity contribution is -0.137. The molecule has 0 amide bonds. The number of anilines is 1. The van der Waals surface area contributed by atoms with Gasteiger partial charge in [0.15, 0.2) is 0 Å². The quantitative estimate of drug-likeness (QED) is 0.280. The van der Waals surface area contributed by atoms with Crippen molar-refractivity contribution < 1.29 is 31.1 Å². The first-order valence-electron chi connectivity index (χ1n) is 11.3. The van der Waals surface area contributed by atoms with Crippen molar-refractivity contribution in [2.45, 2.75) is 24.9 Å². The molecule has 4 aromatic rings. The maximum absolute atomic E-state index is 13.8. The van der Waals surface area contributed by atoms with Crippen molar-refractivity contribution in [2.75, 3.05) is 11.3 Å². The van der Waals surface area contributed by atoms with Crippen LogP contribution in [0, 0.1) is 6.92 Å². The van der Waals surface area contributed by atoms with Crippen LogP contribution in [0.2, 0.25) is 0 Å². The highest BCUT2D eigenvalue weighted by Crippen LogP contribution is 2.39. The van der Waals surface area contributed by atoms with Crippen molar-refractivity contribution in [3.8, 4) is 16.9 Å². The van der Waals surface area contributed by atoms with Gasteiger partial charge in [-0.15, -0.1) is 0 Å². The normalized spacial score (nSPS) is 11.8. The van der Waals surface area contributed by atoms with Crippen molar-refractivity contribution in [2.24, 2.45) is 0 Å². The van der Waals surface area contributed by atoms with Gasteiger partial charge in [0.05, 0.1) is 17.9 Å². The Morgan fingerprint density at radius 2 is 1.49 bits per heavy atom. The Hall–Kier alpha value is -4.05. The number of nitrogens with one attached hydrogen (secondary N) is 1. The summed E-state index contributed by atoms with van der Waals surface area (Å²) in [4.78, 5) is 12.8. The number of alkyl halides is 3. The summed E-state index contributed by atoms with van der Waals surface area (Å²) in [6.07, 6.45) is -4.57. The second-order valence-corrected chi connectivity index (χ2v) is 9.70. The number of nitrogens with zero attached hydrogens (tertiary/aromatic N) is 1. The fourth-order valence-electron chi connectivity index (χ4n) is 4.06. The molecule has 0 bridgehead atoms. The lowest BCUT2D eigenvalue weighted by atomic mass is 10.1. The number of hydrogen-bond acceptors (Lipinski definition) is 4. The number of esters is 1. The van der Waals surface area contributed by atoms with E-state index in [-0.39, 0.29) is 28.4 Å². The van der Waals surface area contributed by atoms with Gasteiger partial charge >= 0.3 is 12.1 Å². The molecule has 0 radical (unpaired) electrons. The average Bonchev–Trinajstić information content (AvgIpc) is 3.18. The molecule has 0 aliphatic carbocycles. The highest BCUT2D eigenvalue weighted by atomic mass is 32.2. The number of benzene rings is 3. The fraction of sp³-hybridized carbons (Fsp3) is 0.148. The minimum Gasteiger partial charge on any atom is -0.462 e. The van der Waals surface area contributed by atoms with Gasteiger partial charge in [-0.3, -0.25) is 4.72 Å². The summed E-state index contributed by atoms with van der Waals surface area (Å²) in [5.41, 5.74) is 0.496. The van der Waals surface area contributed by atoms with Gasteiger partial charge in [0.1, 0.15) is 10.5 Å². The van der Waals surface area contributed by atoms with Gasteiger partial charge in [0.2, 0.25) is 0 Å². The van der Waals surface area contributed by atoms with E-state index < -0.39 is 27.7 Å². The number of hydrogen-bond donors (Lipinski definition) is 1. The number of carbonyl (C=O) groups excluding carboxylic acids is 1. The molecule has 10 heteroatoms. The first kappa shape index (κ1) is 26.0. The van der Waals surface area contributed by atoms with Crippen LogP contribution in [0.1, 0.15) is 28.5 Å². The molecular weight excluding hydrogens is 505 g/mol. The number of halogens is 3. The molecule has 1 heterocycles. The molecule has 6 nitrogen and oxygen atoms in total. The molecule has 0 unspecified atom stereocenters. The topological polar surface area (TPSA) is 77.4 Å². The molecule has 0 aliphatic rings. The van der Waals surface area contributed by atoms with Crippen molar-refractivity contribution in [1.29, 1.82) is 0 Å². The van der Waals surface area contributed by atoms with Gasteiger partial charge in [-0.05, 0) is 55.8 Å². The van der Waals surface area contributed by atoms with E-state index in [1.165, 1.54) is 0 Å². The van der Waals surface area contributed by atoms with E-state index in [0.29, 0.717) is 16.9 Å². The zero-order chi connectivity index (χ0) is 26.8. The minimum atomic E-state index is -4.57. The molecule has 0 saturated heterocycles. The molecular formula is C27H23F3N2O4S. The number of carbonyl (C=O) groups is 1. The summed E-state index contributed by atoms with van der Waals surface area (Å²) in [6, 6.07) is 21.2. The van der Waals surface area contributed by atoms with Gasteiger partial charge < -0.3 is 9.30 Å². The zero-order valence-corrected chi connectivity index (χ0v) is 20.7. The average molecular weight is 529 g/mol. The van der Waals surface area contributed by atoms with E-state index in [1.54, 1.807) is 79.1 Å². The summed E-state index contributed by atoms with van der Waals surface area (Å²) in [6.45, 7) is 3.23. The van der Waals surface area contributed by atoms with Gasteiger partial charge in [-0.25, -0.2) is 13.2 Å². The third-order valence-corrected chi connectivity index (χ3v) is 7.08. The van der Waals surface area contributed by atoms with Crippen LogP contribution >= 0.6 is 0 Å². The Morgan fingerprint density at radius 1 is 0.919 bits per heavy atom. The first-order valence-corrected chi connectivity index (χ1v) is 12.8. The predicted octanol–water partition coefficient (Wildman–Crippen LogP) is 6.45. The molecule has 3 aromatic carbocycles.